The first-order valence-electron chi connectivity index (χ1n) is 9.65. The average molecular weight is 368 g/mol. The Morgan fingerprint density at radius 1 is 1.00 bits per heavy atom. The lowest BCUT2D eigenvalue weighted by Crippen LogP contribution is -2.41. The van der Waals surface area contributed by atoms with Gasteiger partial charge in [-0.2, -0.15) is 0 Å². The van der Waals surface area contributed by atoms with Gasteiger partial charge >= 0.3 is 0 Å². The van der Waals surface area contributed by atoms with Gasteiger partial charge in [0, 0.05) is 26.1 Å². The van der Waals surface area contributed by atoms with Crippen LogP contribution in [0.3, 0.4) is 0 Å². The molecule has 0 bridgehead atoms. The number of likely N-dealkylation sites (tertiary alicyclic amines) is 1. The molecular formula is C17H29N5O2S. The summed E-state index contributed by atoms with van der Waals surface area (Å²) in [6.07, 6.45) is 7.41. The van der Waals surface area contributed by atoms with Gasteiger partial charge in [-0.15, -0.1) is 10.2 Å². The van der Waals surface area contributed by atoms with Gasteiger partial charge in [0.2, 0.25) is 10.0 Å². The maximum Gasteiger partial charge on any atom is 0.217 e. The molecule has 1 saturated carbocycles. The highest BCUT2D eigenvalue weighted by Crippen LogP contribution is 2.35. The van der Waals surface area contributed by atoms with Crippen molar-refractivity contribution in [2.45, 2.75) is 62.7 Å². The summed E-state index contributed by atoms with van der Waals surface area (Å²) in [5, 5.41) is 8.75. The highest BCUT2D eigenvalue weighted by molar-refractivity contribution is 7.90. The second-order valence-corrected chi connectivity index (χ2v) is 10.0. The Morgan fingerprint density at radius 2 is 1.76 bits per heavy atom. The monoisotopic (exact) mass is 367 g/mol. The zero-order chi connectivity index (χ0) is 17.4. The van der Waals surface area contributed by atoms with Crippen molar-refractivity contribution in [2.24, 2.45) is 7.05 Å². The van der Waals surface area contributed by atoms with E-state index in [4.69, 9.17) is 0 Å². The van der Waals surface area contributed by atoms with Crippen molar-refractivity contribution in [1.29, 1.82) is 0 Å². The fourth-order valence-corrected chi connectivity index (χ4v) is 6.07. The molecule has 1 atom stereocenters. The topological polar surface area (TPSA) is 71.3 Å². The van der Waals surface area contributed by atoms with E-state index in [9.17, 15) is 8.42 Å². The molecule has 2 saturated heterocycles. The summed E-state index contributed by atoms with van der Waals surface area (Å²) in [6, 6.07) is 0. The normalized spacial score (nSPS) is 26.8. The summed E-state index contributed by atoms with van der Waals surface area (Å²) in [4.78, 5) is 2.45. The summed E-state index contributed by atoms with van der Waals surface area (Å²) in [5.74, 6) is 2.11. The number of sulfonamides is 1. The molecule has 8 heteroatoms. The van der Waals surface area contributed by atoms with Crippen LogP contribution in [0.25, 0.3) is 0 Å². The van der Waals surface area contributed by atoms with E-state index in [1.165, 1.54) is 19.3 Å². The van der Waals surface area contributed by atoms with Gasteiger partial charge in [-0.05, 0) is 51.6 Å². The summed E-state index contributed by atoms with van der Waals surface area (Å²) in [7, 11) is -1.06. The standard InChI is InChI=1S/C17H29N5O2S/c1-20-16(13-21-9-3-2-4-10-21)18-19-17(20)14-6-5-11-22(12-14)25(23,24)15-7-8-15/h14-15H,2-13H2,1H3/t14-/m1/s1. The van der Waals surface area contributed by atoms with Crippen molar-refractivity contribution in [3.63, 3.8) is 0 Å². The lowest BCUT2D eigenvalue weighted by atomic mass is 9.99. The number of nitrogens with zero attached hydrogens (tertiary/aromatic N) is 5. The SMILES string of the molecule is Cn1c(CN2CCCCC2)nnc1[C@@H]1CCCN(S(=O)(=O)C2CC2)C1. The first kappa shape index (κ1) is 17.4. The summed E-state index contributed by atoms with van der Waals surface area (Å²) in [6.45, 7) is 4.35. The van der Waals surface area contributed by atoms with Crippen LogP contribution in [0.1, 0.15) is 62.5 Å². The van der Waals surface area contributed by atoms with Crippen molar-refractivity contribution in [3.05, 3.63) is 11.6 Å². The fraction of sp³-hybridized carbons (Fsp3) is 0.882. The molecule has 140 valence electrons. The molecule has 0 radical (unpaired) electrons. The quantitative estimate of drug-likeness (QED) is 0.788. The zero-order valence-electron chi connectivity index (χ0n) is 15.1. The van der Waals surface area contributed by atoms with E-state index in [2.05, 4.69) is 19.7 Å². The van der Waals surface area contributed by atoms with Crippen LogP contribution in [0.15, 0.2) is 0 Å². The minimum absolute atomic E-state index is 0.125. The van der Waals surface area contributed by atoms with E-state index in [1.54, 1.807) is 4.31 Å². The largest absolute Gasteiger partial charge is 0.317 e. The molecule has 0 amide bonds. The third kappa shape index (κ3) is 3.61. The van der Waals surface area contributed by atoms with Gasteiger partial charge in [0.25, 0.3) is 0 Å². The maximum absolute atomic E-state index is 12.6. The van der Waals surface area contributed by atoms with Gasteiger partial charge in [-0.25, -0.2) is 12.7 Å². The van der Waals surface area contributed by atoms with Gasteiger partial charge < -0.3 is 4.57 Å². The van der Waals surface area contributed by atoms with E-state index < -0.39 is 10.0 Å². The molecule has 2 aliphatic heterocycles. The van der Waals surface area contributed by atoms with E-state index in [-0.39, 0.29) is 11.2 Å². The number of piperidine rings is 2. The molecule has 1 aromatic rings. The number of hydrogen-bond acceptors (Lipinski definition) is 5. The minimum atomic E-state index is -3.09. The highest BCUT2D eigenvalue weighted by atomic mass is 32.2. The second kappa shape index (κ2) is 6.96. The Balaban J connectivity index is 1.46. The number of rotatable bonds is 5. The van der Waals surface area contributed by atoms with Gasteiger partial charge in [0.15, 0.2) is 0 Å². The van der Waals surface area contributed by atoms with Crippen molar-refractivity contribution in [1.82, 2.24) is 24.0 Å². The van der Waals surface area contributed by atoms with E-state index >= 15 is 0 Å². The lowest BCUT2D eigenvalue weighted by Gasteiger charge is -2.31. The lowest BCUT2D eigenvalue weighted by molar-refractivity contribution is 0.213. The van der Waals surface area contributed by atoms with Crippen LogP contribution in [0.4, 0.5) is 0 Å². The van der Waals surface area contributed by atoms with Crippen molar-refractivity contribution < 1.29 is 8.42 Å². The molecule has 1 aliphatic carbocycles. The maximum atomic E-state index is 12.6. The average Bonchev–Trinajstić information content (AvgIpc) is 3.43. The second-order valence-electron chi connectivity index (χ2n) is 7.81. The predicted octanol–water partition coefficient (Wildman–Crippen LogP) is 1.47. The van der Waals surface area contributed by atoms with E-state index in [1.807, 2.05) is 7.05 Å². The van der Waals surface area contributed by atoms with Gasteiger partial charge in [-0.3, -0.25) is 4.90 Å². The van der Waals surface area contributed by atoms with Gasteiger partial charge in [-0.1, -0.05) is 6.42 Å². The van der Waals surface area contributed by atoms with Crippen LogP contribution >= 0.6 is 0 Å². The molecule has 1 aromatic heterocycles. The zero-order valence-corrected chi connectivity index (χ0v) is 15.9. The molecule has 0 unspecified atom stereocenters. The molecule has 0 N–H and O–H groups in total. The smallest absolute Gasteiger partial charge is 0.217 e. The van der Waals surface area contributed by atoms with Gasteiger partial charge in [0.1, 0.15) is 11.6 Å². The Kier molecular flexibility index (Phi) is 4.85. The first-order chi connectivity index (χ1) is 12.1. The summed E-state index contributed by atoms with van der Waals surface area (Å²) < 4.78 is 28.9. The molecule has 3 fully saturated rings. The van der Waals surface area contributed by atoms with Crippen LogP contribution in [-0.2, 0) is 23.6 Å². The Labute approximate surface area is 150 Å². The Hall–Kier alpha value is -0.990. The first-order valence-corrected chi connectivity index (χ1v) is 11.2. The molecular weight excluding hydrogens is 338 g/mol. The highest BCUT2D eigenvalue weighted by Gasteiger charge is 2.42. The Morgan fingerprint density at radius 3 is 2.48 bits per heavy atom. The van der Waals surface area contributed by atoms with Crippen LogP contribution in [-0.4, -0.2) is 63.8 Å². The molecule has 7 nitrogen and oxygen atoms in total. The molecule has 0 spiro atoms. The van der Waals surface area contributed by atoms with E-state index in [0.717, 1.165) is 57.0 Å². The molecule has 3 aliphatic rings. The summed E-state index contributed by atoms with van der Waals surface area (Å²) in [5.41, 5.74) is 0. The van der Waals surface area contributed by atoms with Crippen molar-refractivity contribution in [3.8, 4) is 0 Å². The van der Waals surface area contributed by atoms with Crippen LogP contribution < -0.4 is 0 Å². The van der Waals surface area contributed by atoms with Crippen molar-refractivity contribution >= 4 is 10.0 Å². The number of aromatic nitrogens is 3. The third-order valence-corrected chi connectivity index (χ3v) is 8.23. The van der Waals surface area contributed by atoms with E-state index in [0.29, 0.717) is 13.1 Å². The summed E-state index contributed by atoms with van der Waals surface area (Å²) >= 11 is 0. The van der Waals surface area contributed by atoms with Crippen molar-refractivity contribution in [2.75, 3.05) is 26.2 Å². The molecule has 0 aromatic carbocycles. The van der Waals surface area contributed by atoms with Crippen LogP contribution in [0, 0.1) is 0 Å². The fourth-order valence-electron chi connectivity index (χ4n) is 4.15. The molecule has 3 heterocycles. The number of hydrogen-bond donors (Lipinski definition) is 0. The third-order valence-electron chi connectivity index (χ3n) is 5.87. The minimum Gasteiger partial charge on any atom is -0.317 e. The molecule has 4 rings (SSSR count). The predicted molar refractivity (Wildman–Crippen MR) is 95.6 cm³/mol. The molecule has 25 heavy (non-hydrogen) atoms. The van der Waals surface area contributed by atoms with Crippen LogP contribution in [0.5, 0.6) is 0 Å². The Bertz CT molecular complexity index is 707. The van der Waals surface area contributed by atoms with Crippen LogP contribution in [0.2, 0.25) is 0 Å². The van der Waals surface area contributed by atoms with Gasteiger partial charge in [0.05, 0.1) is 11.8 Å².